The van der Waals surface area contributed by atoms with Crippen LogP contribution in [0.4, 0.5) is 5.95 Å². The van der Waals surface area contributed by atoms with Crippen LogP contribution < -0.4 is 10.5 Å². The van der Waals surface area contributed by atoms with E-state index in [1.165, 1.54) is 5.56 Å². The van der Waals surface area contributed by atoms with Crippen LogP contribution in [0.1, 0.15) is 28.3 Å². The van der Waals surface area contributed by atoms with Crippen molar-refractivity contribution >= 4 is 5.95 Å². The average Bonchev–Trinajstić information content (AvgIpc) is 2.96. The second kappa shape index (κ2) is 7.95. The highest BCUT2D eigenvalue weighted by Gasteiger charge is 2.10. The third kappa shape index (κ3) is 4.36. The first-order valence-corrected chi connectivity index (χ1v) is 8.74. The number of nitrogens with zero attached hydrogens (tertiary/aromatic N) is 4. The van der Waals surface area contributed by atoms with Gasteiger partial charge in [-0.25, -0.2) is 4.98 Å². The molecular weight excluding hydrogens is 328 g/mol. The highest BCUT2D eigenvalue weighted by Crippen LogP contribution is 2.13. The number of hydrogen-bond donors (Lipinski definition) is 2. The van der Waals surface area contributed by atoms with E-state index in [1.54, 1.807) is 12.3 Å². The van der Waals surface area contributed by atoms with E-state index < -0.39 is 0 Å². The van der Waals surface area contributed by atoms with Gasteiger partial charge in [0.2, 0.25) is 5.95 Å². The molecule has 0 saturated carbocycles. The largest absolute Gasteiger partial charge is 0.345 e. The van der Waals surface area contributed by atoms with Crippen molar-refractivity contribution in [3.05, 3.63) is 69.2 Å². The maximum atomic E-state index is 12.0. The summed E-state index contributed by atoms with van der Waals surface area (Å²) in [6.45, 7) is 4.72. The van der Waals surface area contributed by atoms with E-state index in [0.717, 1.165) is 42.2 Å². The maximum absolute atomic E-state index is 12.0. The van der Waals surface area contributed by atoms with Crippen LogP contribution in [-0.4, -0.2) is 38.7 Å². The Labute approximate surface area is 152 Å². The smallest absolute Gasteiger partial charge is 0.252 e. The molecule has 26 heavy (non-hydrogen) atoms. The number of hydrogen-bond acceptors (Lipinski definition) is 5. The molecule has 0 aliphatic rings. The van der Waals surface area contributed by atoms with Gasteiger partial charge in [0.05, 0.1) is 11.4 Å². The van der Waals surface area contributed by atoms with Gasteiger partial charge in [0.25, 0.3) is 5.56 Å². The van der Waals surface area contributed by atoms with Crippen molar-refractivity contribution in [2.45, 2.75) is 33.1 Å². The van der Waals surface area contributed by atoms with Crippen molar-refractivity contribution < 1.29 is 0 Å². The van der Waals surface area contributed by atoms with Gasteiger partial charge in [0.15, 0.2) is 0 Å². The fourth-order valence-corrected chi connectivity index (χ4v) is 2.93. The zero-order valence-corrected chi connectivity index (χ0v) is 15.4. The predicted octanol–water partition coefficient (Wildman–Crippen LogP) is 1.97. The minimum absolute atomic E-state index is 0.129. The number of aromatic amines is 2. The summed E-state index contributed by atoms with van der Waals surface area (Å²) < 4.78 is 0. The Bertz CT molecular complexity index is 896. The number of rotatable bonds is 7. The Morgan fingerprint density at radius 2 is 1.96 bits per heavy atom. The highest BCUT2D eigenvalue weighted by molar-refractivity contribution is 5.30. The monoisotopic (exact) mass is 352 g/mol. The summed E-state index contributed by atoms with van der Waals surface area (Å²) in [6, 6.07) is 7.44. The minimum Gasteiger partial charge on any atom is -0.345 e. The number of likely N-dealkylation sites (N-methyl/N-ethyl adjacent to an activating group) is 1. The molecule has 0 aliphatic carbocycles. The number of aryl methyl sites for hydroxylation is 3. The third-order valence-corrected chi connectivity index (χ3v) is 4.49. The quantitative estimate of drug-likeness (QED) is 0.678. The number of H-pyrrole nitrogens is 2. The molecule has 3 aromatic rings. The minimum atomic E-state index is -0.129. The fraction of sp³-hybridized carbons (Fsp3) is 0.368. The Hall–Kier alpha value is -2.96. The van der Waals surface area contributed by atoms with Crippen LogP contribution in [0.15, 0.2) is 35.3 Å². The molecule has 3 rings (SSSR count). The van der Waals surface area contributed by atoms with Crippen LogP contribution in [0.25, 0.3) is 0 Å². The van der Waals surface area contributed by atoms with Gasteiger partial charge in [-0.3, -0.25) is 19.9 Å². The van der Waals surface area contributed by atoms with E-state index in [0.29, 0.717) is 12.4 Å². The van der Waals surface area contributed by atoms with E-state index in [-0.39, 0.29) is 5.56 Å². The molecule has 2 N–H and O–H groups in total. The first-order valence-electron chi connectivity index (χ1n) is 8.74. The van der Waals surface area contributed by atoms with Crippen LogP contribution in [-0.2, 0) is 19.3 Å². The van der Waals surface area contributed by atoms with Crippen molar-refractivity contribution in [1.29, 1.82) is 0 Å². The van der Waals surface area contributed by atoms with Crippen LogP contribution in [0.5, 0.6) is 0 Å². The summed E-state index contributed by atoms with van der Waals surface area (Å²) in [4.78, 5) is 25.8. The summed E-state index contributed by atoms with van der Waals surface area (Å²) in [7, 11) is 1.93. The topological polar surface area (TPSA) is 90.6 Å². The van der Waals surface area contributed by atoms with Crippen molar-refractivity contribution in [3.63, 3.8) is 0 Å². The number of nitrogens with one attached hydrogen (secondary N) is 2. The standard InChI is InChI=1S/C19H24N6O/c1-13-17(14(2)24-23-13)8-7-16-12-18(26)22-19(21-16)25(3)11-9-15-6-4-5-10-20-15/h4-6,10,12H,7-9,11H2,1-3H3,(H,23,24)(H,21,22,26). The van der Waals surface area contributed by atoms with Crippen molar-refractivity contribution in [2.24, 2.45) is 0 Å². The van der Waals surface area contributed by atoms with Gasteiger partial charge in [-0.1, -0.05) is 6.07 Å². The number of anilines is 1. The molecule has 136 valence electrons. The van der Waals surface area contributed by atoms with Gasteiger partial charge >= 0.3 is 0 Å². The van der Waals surface area contributed by atoms with Crippen LogP contribution in [0.3, 0.4) is 0 Å². The zero-order chi connectivity index (χ0) is 18.5. The molecule has 0 spiro atoms. The molecule has 0 unspecified atom stereocenters. The van der Waals surface area contributed by atoms with Gasteiger partial charge in [0, 0.05) is 43.7 Å². The molecule has 0 aromatic carbocycles. The van der Waals surface area contributed by atoms with Crippen molar-refractivity contribution in [2.75, 3.05) is 18.5 Å². The first kappa shape index (κ1) is 17.8. The molecule has 3 heterocycles. The number of aromatic nitrogens is 5. The third-order valence-electron chi connectivity index (χ3n) is 4.49. The Balaban J connectivity index is 1.67. The summed E-state index contributed by atoms with van der Waals surface area (Å²) in [5, 5.41) is 7.21. The molecule has 3 aromatic heterocycles. The van der Waals surface area contributed by atoms with Crippen molar-refractivity contribution in [3.8, 4) is 0 Å². The molecule has 0 radical (unpaired) electrons. The zero-order valence-electron chi connectivity index (χ0n) is 15.4. The molecule has 0 atom stereocenters. The molecule has 0 bridgehead atoms. The predicted molar refractivity (Wildman–Crippen MR) is 102 cm³/mol. The van der Waals surface area contributed by atoms with E-state index in [4.69, 9.17) is 0 Å². The molecule has 0 fully saturated rings. The Morgan fingerprint density at radius 3 is 2.65 bits per heavy atom. The maximum Gasteiger partial charge on any atom is 0.252 e. The second-order valence-electron chi connectivity index (χ2n) is 6.47. The van der Waals surface area contributed by atoms with E-state index in [2.05, 4.69) is 25.1 Å². The van der Waals surface area contributed by atoms with E-state index >= 15 is 0 Å². The van der Waals surface area contributed by atoms with Crippen molar-refractivity contribution in [1.82, 2.24) is 25.1 Å². The normalized spacial score (nSPS) is 10.9. The van der Waals surface area contributed by atoms with Crippen LogP contribution in [0.2, 0.25) is 0 Å². The van der Waals surface area contributed by atoms with Gasteiger partial charge in [-0.15, -0.1) is 0 Å². The Kier molecular flexibility index (Phi) is 5.46. The number of pyridine rings is 1. The first-order chi connectivity index (χ1) is 12.5. The molecule has 7 heteroatoms. The highest BCUT2D eigenvalue weighted by atomic mass is 16.1. The van der Waals surface area contributed by atoms with Crippen LogP contribution in [0, 0.1) is 13.8 Å². The van der Waals surface area contributed by atoms with Gasteiger partial charge in [-0.2, -0.15) is 5.10 Å². The van der Waals surface area contributed by atoms with E-state index in [1.807, 2.05) is 44.0 Å². The van der Waals surface area contributed by atoms with E-state index in [9.17, 15) is 4.79 Å². The lowest BCUT2D eigenvalue weighted by molar-refractivity contribution is 0.799. The second-order valence-corrected chi connectivity index (χ2v) is 6.47. The lowest BCUT2D eigenvalue weighted by atomic mass is 10.1. The molecule has 0 aliphatic heterocycles. The summed E-state index contributed by atoms with van der Waals surface area (Å²) in [6.07, 6.45) is 4.09. The fourth-order valence-electron chi connectivity index (χ4n) is 2.93. The lowest BCUT2D eigenvalue weighted by Gasteiger charge is -2.18. The van der Waals surface area contributed by atoms with Gasteiger partial charge < -0.3 is 4.90 Å². The molecule has 7 nitrogen and oxygen atoms in total. The Morgan fingerprint density at radius 1 is 1.12 bits per heavy atom. The molecule has 0 amide bonds. The van der Waals surface area contributed by atoms with Gasteiger partial charge in [-0.05, 0) is 44.4 Å². The summed E-state index contributed by atoms with van der Waals surface area (Å²) in [5.41, 5.74) is 4.93. The summed E-state index contributed by atoms with van der Waals surface area (Å²) in [5.74, 6) is 0.587. The lowest BCUT2D eigenvalue weighted by Crippen LogP contribution is -2.26. The summed E-state index contributed by atoms with van der Waals surface area (Å²) >= 11 is 0. The molecular formula is C19H24N6O. The molecule has 0 saturated heterocycles. The SMILES string of the molecule is Cc1n[nH]c(C)c1CCc1cc(=O)[nH]c(N(C)CCc2ccccn2)n1. The average molecular weight is 352 g/mol. The van der Waals surface area contributed by atoms with Gasteiger partial charge in [0.1, 0.15) is 0 Å². The van der Waals surface area contributed by atoms with Crippen LogP contribution >= 0.6 is 0 Å².